The van der Waals surface area contributed by atoms with Crippen LogP contribution in [0.3, 0.4) is 0 Å². The highest BCUT2D eigenvalue weighted by Crippen LogP contribution is 2.48. The van der Waals surface area contributed by atoms with Crippen LogP contribution in [0.25, 0.3) is 0 Å². The molecule has 5 nitrogen and oxygen atoms in total. The van der Waals surface area contributed by atoms with Gasteiger partial charge in [0, 0.05) is 12.6 Å². The van der Waals surface area contributed by atoms with Crippen molar-refractivity contribution >= 4 is 11.9 Å². The van der Waals surface area contributed by atoms with Gasteiger partial charge in [0.25, 0.3) is 5.91 Å². The van der Waals surface area contributed by atoms with Crippen LogP contribution in [0.4, 0.5) is 8.78 Å². The number of nitrogens with two attached hydrogens (primary N) is 1. The first-order valence-corrected chi connectivity index (χ1v) is 9.63. The lowest BCUT2D eigenvalue weighted by Gasteiger charge is -2.27. The zero-order valence-corrected chi connectivity index (χ0v) is 16.7. The minimum Gasteiger partial charge on any atom is -0.435 e. The maximum Gasteiger partial charge on any atom is 0.387 e. The molecule has 2 aromatic rings. The molecule has 30 heavy (non-hydrogen) atoms. The second-order valence-electron chi connectivity index (χ2n) is 7.41. The van der Waals surface area contributed by atoms with Gasteiger partial charge in [-0.15, -0.1) is 5.92 Å². The number of halogens is 2. The van der Waals surface area contributed by atoms with Crippen LogP contribution >= 0.6 is 0 Å². The van der Waals surface area contributed by atoms with Crippen LogP contribution in [0.5, 0.6) is 5.75 Å². The van der Waals surface area contributed by atoms with Crippen LogP contribution in [0.1, 0.15) is 47.9 Å². The number of amides is 1. The molecule has 2 aliphatic rings. The van der Waals surface area contributed by atoms with Gasteiger partial charge in [-0.3, -0.25) is 9.69 Å². The van der Waals surface area contributed by atoms with E-state index in [1.807, 2.05) is 18.2 Å². The van der Waals surface area contributed by atoms with Gasteiger partial charge in [0.15, 0.2) is 11.5 Å². The quantitative estimate of drug-likeness (QED) is 0.768. The fourth-order valence-electron chi connectivity index (χ4n) is 3.84. The van der Waals surface area contributed by atoms with E-state index < -0.39 is 12.2 Å². The van der Waals surface area contributed by atoms with Crippen LogP contribution in [-0.4, -0.2) is 30.4 Å². The number of nitrogens with zero attached hydrogens (tertiary/aromatic N) is 2. The SMILES string of the molecule is CC#Cc1cccc([C@@]2(c3ccc(OC(F)F)c(C4CC4)c3)N=C(N)N(C)C2=O)c1. The molecule has 0 saturated heterocycles. The Labute approximate surface area is 173 Å². The van der Waals surface area contributed by atoms with Crippen LogP contribution in [0.2, 0.25) is 0 Å². The van der Waals surface area contributed by atoms with E-state index in [0.29, 0.717) is 16.7 Å². The monoisotopic (exact) mass is 409 g/mol. The molecule has 0 aromatic heterocycles. The Hall–Kier alpha value is -3.40. The number of carbonyl (C=O) groups excluding carboxylic acids is 1. The molecule has 1 amide bonds. The summed E-state index contributed by atoms with van der Waals surface area (Å²) in [4.78, 5) is 19.3. The molecule has 0 unspecified atom stereocenters. The summed E-state index contributed by atoms with van der Waals surface area (Å²) >= 11 is 0. The van der Waals surface area contributed by atoms with Crippen molar-refractivity contribution in [1.29, 1.82) is 0 Å². The number of ether oxygens (including phenoxy) is 1. The summed E-state index contributed by atoms with van der Waals surface area (Å²) in [6.45, 7) is -1.18. The molecule has 154 valence electrons. The largest absolute Gasteiger partial charge is 0.435 e. The van der Waals surface area contributed by atoms with Gasteiger partial charge in [-0.2, -0.15) is 8.78 Å². The number of carbonyl (C=O) groups is 1. The van der Waals surface area contributed by atoms with Gasteiger partial charge in [0.2, 0.25) is 0 Å². The van der Waals surface area contributed by atoms with Crippen LogP contribution in [0, 0.1) is 11.8 Å². The maximum atomic E-state index is 13.4. The molecule has 2 aromatic carbocycles. The Kier molecular flexibility index (Phi) is 4.94. The van der Waals surface area contributed by atoms with Gasteiger partial charge in [-0.1, -0.05) is 24.1 Å². The van der Waals surface area contributed by atoms with Crippen molar-refractivity contribution < 1.29 is 18.3 Å². The molecule has 1 aliphatic carbocycles. The summed E-state index contributed by atoms with van der Waals surface area (Å²) in [6.07, 6.45) is 1.77. The highest BCUT2D eigenvalue weighted by molar-refractivity contribution is 6.09. The highest BCUT2D eigenvalue weighted by Gasteiger charge is 2.50. The predicted octanol–water partition coefficient (Wildman–Crippen LogP) is 3.57. The summed E-state index contributed by atoms with van der Waals surface area (Å²) in [7, 11) is 1.56. The van der Waals surface area contributed by atoms with Gasteiger partial charge in [-0.05, 0) is 66.6 Å². The third kappa shape index (κ3) is 3.28. The van der Waals surface area contributed by atoms with Crippen LogP contribution in [-0.2, 0) is 10.3 Å². The van der Waals surface area contributed by atoms with E-state index in [1.165, 1.54) is 11.0 Å². The molecule has 7 heteroatoms. The number of guanidine groups is 1. The first-order chi connectivity index (χ1) is 14.4. The minimum atomic E-state index is -2.92. The summed E-state index contributed by atoms with van der Waals surface area (Å²) in [6, 6.07) is 12.1. The normalized spacial score (nSPS) is 20.8. The average Bonchev–Trinajstić information content (AvgIpc) is 3.53. The molecule has 1 heterocycles. The Morgan fingerprint density at radius 2 is 1.97 bits per heavy atom. The van der Waals surface area contributed by atoms with Gasteiger partial charge in [-0.25, -0.2) is 4.99 Å². The molecule has 1 aliphatic heterocycles. The summed E-state index contributed by atoms with van der Waals surface area (Å²) in [5, 5.41) is 0. The zero-order valence-electron chi connectivity index (χ0n) is 16.7. The van der Waals surface area contributed by atoms with Crippen molar-refractivity contribution in [1.82, 2.24) is 4.90 Å². The number of hydrogen-bond donors (Lipinski definition) is 1. The molecular weight excluding hydrogens is 388 g/mol. The maximum absolute atomic E-state index is 13.4. The highest BCUT2D eigenvalue weighted by atomic mass is 19.3. The lowest BCUT2D eigenvalue weighted by atomic mass is 9.81. The van der Waals surface area contributed by atoms with Crippen molar-refractivity contribution in [2.75, 3.05) is 7.05 Å². The molecule has 2 N–H and O–H groups in total. The van der Waals surface area contributed by atoms with Crippen molar-refractivity contribution in [3.8, 4) is 17.6 Å². The lowest BCUT2D eigenvalue weighted by molar-refractivity contribution is -0.129. The molecule has 1 saturated carbocycles. The van der Waals surface area contributed by atoms with Gasteiger partial charge in [0.1, 0.15) is 5.75 Å². The Morgan fingerprint density at radius 3 is 2.57 bits per heavy atom. The van der Waals surface area contributed by atoms with E-state index in [4.69, 9.17) is 10.5 Å². The molecular formula is C23H21F2N3O2. The van der Waals surface area contributed by atoms with Gasteiger partial charge in [0.05, 0.1) is 0 Å². The van der Waals surface area contributed by atoms with Crippen molar-refractivity contribution in [2.45, 2.75) is 37.8 Å². The Morgan fingerprint density at radius 1 is 1.23 bits per heavy atom. The molecule has 0 spiro atoms. The molecule has 1 fully saturated rings. The molecule has 1 atom stereocenters. The fraction of sp³-hybridized carbons (Fsp3) is 0.304. The van der Waals surface area contributed by atoms with Crippen molar-refractivity contribution in [3.05, 3.63) is 64.7 Å². The molecule has 0 bridgehead atoms. The average molecular weight is 409 g/mol. The Balaban J connectivity index is 1.92. The van der Waals surface area contributed by atoms with E-state index >= 15 is 0 Å². The van der Waals surface area contributed by atoms with Crippen LogP contribution in [0.15, 0.2) is 47.5 Å². The van der Waals surface area contributed by atoms with E-state index in [2.05, 4.69) is 16.8 Å². The first kappa shape index (κ1) is 19.9. The number of alkyl halides is 2. The summed E-state index contributed by atoms with van der Waals surface area (Å²) in [5.41, 5.74) is 7.20. The standard InChI is InChI=1S/C23H21F2N3O2/c1-3-5-14-6-4-7-16(12-14)23(20(29)28(2)22(26)27-23)17-10-11-19(30-21(24)25)18(13-17)15-8-9-15/h4,6-7,10-13,15,21H,8-9H2,1-2H3,(H2,26,27)/t23-/m0/s1. The van der Waals surface area contributed by atoms with Gasteiger partial charge < -0.3 is 10.5 Å². The second kappa shape index (κ2) is 7.45. The third-order valence-corrected chi connectivity index (χ3v) is 5.45. The van der Waals surface area contributed by atoms with E-state index in [-0.39, 0.29) is 23.5 Å². The lowest BCUT2D eigenvalue weighted by Crippen LogP contribution is -2.41. The van der Waals surface area contributed by atoms with E-state index in [0.717, 1.165) is 18.4 Å². The topological polar surface area (TPSA) is 67.9 Å². The minimum absolute atomic E-state index is 0.0906. The van der Waals surface area contributed by atoms with Crippen LogP contribution < -0.4 is 10.5 Å². The number of benzene rings is 2. The summed E-state index contributed by atoms with van der Waals surface area (Å²) in [5.74, 6) is 5.87. The van der Waals surface area contributed by atoms with Crippen molar-refractivity contribution in [2.24, 2.45) is 10.7 Å². The predicted molar refractivity (Wildman–Crippen MR) is 109 cm³/mol. The number of aliphatic imine (C=N–C) groups is 1. The van der Waals surface area contributed by atoms with Gasteiger partial charge >= 0.3 is 6.61 Å². The number of rotatable bonds is 5. The smallest absolute Gasteiger partial charge is 0.387 e. The van der Waals surface area contributed by atoms with E-state index in [9.17, 15) is 13.6 Å². The molecule has 0 radical (unpaired) electrons. The number of likely N-dealkylation sites (N-methyl/N-ethyl adjacent to an activating group) is 1. The third-order valence-electron chi connectivity index (χ3n) is 5.45. The van der Waals surface area contributed by atoms with Crippen molar-refractivity contribution in [3.63, 3.8) is 0 Å². The molecule has 4 rings (SSSR count). The fourth-order valence-corrected chi connectivity index (χ4v) is 3.84. The second-order valence-corrected chi connectivity index (χ2v) is 7.41. The number of hydrogen-bond acceptors (Lipinski definition) is 4. The first-order valence-electron chi connectivity index (χ1n) is 9.63. The van der Waals surface area contributed by atoms with E-state index in [1.54, 1.807) is 32.2 Å². The zero-order chi connectivity index (χ0) is 21.5. The Bertz CT molecular complexity index is 1100. The summed E-state index contributed by atoms with van der Waals surface area (Å²) < 4.78 is 30.5.